The molecule has 0 aliphatic heterocycles. The first-order valence-corrected chi connectivity index (χ1v) is 10.9. The fraction of sp³-hybridized carbons (Fsp3) is 0.208. The minimum atomic E-state index is -0.446. The molecule has 0 bridgehead atoms. The number of anilines is 1. The predicted molar refractivity (Wildman–Crippen MR) is 123 cm³/mol. The standard InChI is InChI=1S/C24H23N3O3S/c1-4-30-24(29)22-19(17-7-5-15(2)6-8-17)14-31-23(22)26-21(28)12-18-13-27-10-9-16(3)11-20(27)25-18/h5-11,13-14H,4,12H2,1-3H3,(H,26,28). The largest absolute Gasteiger partial charge is 0.462 e. The number of aryl methyl sites for hydroxylation is 2. The van der Waals surface area contributed by atoms with E-state index >= 15 is 0 Å². The van der Waals surface area contributed by atoms with Crippen molar-refractivity contribution in [3.05, 3.63) is 76.6 Å². The van der Waals surface area contributed by atoms with Crippen LogP contribution in [0.15, 0.2) is 54.2 Å². The number of carbonyl (C=O) groups is 2. The van der Waals surface area contributed by atoms with Gasteiger partial charge in [-0.15, -0.1) is 11.3 Å². The molecule has 4 rings (SSSR count). The molecule has 0 spiro atoms. The summed E-state index contributed by atoms with van der Waals surface area (Å²) in [6, 6.07) is 11.9. The van der Waals surface area contributed by atoms with E-state index < -0.39 is 5.97 Å². The molecule has 1 aromatic carbocycles. The average Bonchev–Trinajstić information content (AvgIpc) is 3.31. The van der Waals surface area contributed by atoms with Gasteiger partial charge in [-0.3, -0.25) is 4.79 Å². The lowest BCUT2D eigenvalue weighted by Crippen LogP contribution is -2.16. The Labute approximate surface area is 184 Å². The molecule has 4 aromatic rings. The van der Waals surface area contributed by atoms with Crippen LogP contribution in [0.2, 0.25) is 0 Å². The third kappa shape index (κ3) is 4.51. The summed E-state index contributed by atoms with van der Waals surface area (Å²) in [4.78, 5) is 30.0. The number of hydrogen-bond acceptors (Lipinski definition) is 5. The molecule has 1 amide bonds. The summed E-state index contributed by atoms with van der Waals surface area (Å²) in [6.45, 7) is 6.03. The second-order valence-electron chi connectivity index (χ2n) is 7.37. The number of aromatic nitrogens is 2. The Kier molecular flexibility index (Phi) is 5.86. The van der Waals surface area contributed by atoms with Crippen molar-refractivity contribution in [2.45, 2.75) is 27.2 Å². The highest BCUT2D eigenvalue weighted by molar-refractivity contribution is 7.15. The van der Waals surface area contributed by atoms with Crippen LogP contribution < -0.4 is 5.32 Å². The van der Waals surface area contributed by atoms with Crippen LogP contribution in [0.1, 0.15) is 34.1 Å². The number of fused-ring (bicyclic) bond motifs is 1. The third-order valence-electron chi connectivity index (χ3n) is 4.89. The first kappa shape index (κ1) is 20.8. The maximum absolute atomic E-state index is 12.7. The molecule has 31 heavy (non-hydrogen) atoms. The lowest BCUT2D eigenvalue weighted by Gasteiger charge is -2.09. The number of ether oxygens (including phenoxy) is 1. The summed E-state index contributed by atoms with van der Waals surface area (Å²) in [6.07, 6.45) is 3.87. The molecule has 0 unspecified atom stereocenters. The van der Waals surface area contributed by atoms with Crippen LogP contribution in [0.3, 0.4) is 0 Å². The lowest BCUT2D eigenvalue weighted by molar-refractivity contribution is -0.115. The molecule has 0 aliphatic rings. The fourth-order valence-electron chi connectivity index (χ4n) is 3.36. The molecular weight excluding hydrogens is 410 g/mol. The number of imidazole rings is 1. The summed E-state index contributed by atoms with van der Waals surface area (Å²) >= 11 is 1.32. The van der Waals surface area contributed by atoms with Gasteiger partial charge in [0.2, 0.25) is 5.91 Å². The maximum Gasteiger partial charge on any atom is 0.341 e. The molecule has 7 heteroatoms. The van der Waals surface area contributed by atoms with E-state index in [1.165, 1.54) is 11.3 Å². The molecule has 0 saturated heterocycles. The Bertz CT molecular complexity index is 1260. The molecule has 0 radical (unpaired) electrons. The summed E-state index contributed by atoms with van der Waals surface area (Å²) < 4.78 is 7.15. The number of nitrogens with one attached hydrogen (secondary N) is 1. The molecule has 0 atom stereocenters. The van der Waals surface area contributed by atoms with Crippen LogP contribution >= 0.6 is 11.3 Å². The van der Waals surface area contributed by atoms with Crippen LogP contribution in [0.5, 0.6) is 0 Å². The fourth-order valence-corrected chi connectivity index (χ4v) is 4.33. The van der Waals surface area contributed by atoms with Gasteiger partial charge in [-0.1, -0.05) is 29.8 Å². The van der Waals surface area contributed by atoms with Crippen LogP contribution in [-0.4, -0.2) is 27.9 Å². The van der Waals surface area contributed by atoms with Crippen molar-refractivity contribution < 1.29 is 14.3 Å². The van der Waals surface area contributed by atoms with Gasteiger partial charge in [0.05, 0.1) is 18.7 Å². The van der Waals surface area contributed by atoms with Crippen molar-refractivity contribution in [3.8, 4) is 11.1 Å². The number of rotatable bonds is 6. The van der Waals surface area contributed by atoms with Crippen LogP contribution in [0.25, 0.3) is 16.8 Å². The molecule has 1 N–H and O–H groups in total. The molecule has 3 heterocycles. The van der Waals surface area contributed by atoms with E-state index in [9.17, 15) is 9.59 Å². The van der Waals surface area contributed by atoms with Gasteiger partial charge in [0.25, 0.3) is 0 Å². The van der Waals surface area contributed by atoms with Crippen molar-refractivity contribution in [2.75, 3.05) is 11.9 Å². The van der Waals surface area contributed by atoms with Crippen molar-refractivity contribution in [3.63, 3.8) is 0 Å². The van der Waals surface area contributed by atoms with Gasteiger partial charge in [-0.25, -0.2) is 9.78 Å². The van der Waals surface area contributed by atoms with E-state index in [-0.39, 0.29) is 18.9 Å². The number of thiophene rings is 1. The van der Waals surface area contributed by atoms with Gasteiger partial charge >= 0.3 is 5.97 Å². The topological polar surface area (TPSA) is 72.7 Å². The quantitative estimate of drug-likeness (QED) is 0.433. The lowest BCUT2D eigenvalue weighted by atomic mass is 10.0. The van der Waals surface area contributed by atoms with E-state index in [0.717, 1.165) is 27.9 Å². The molecule has 0 fully saturated rings. The van der Waals surface area contributed by atoms with Gasteiger partial charge in [0, 0.05) is 23.3 Å². The number of nitrogens with zero attached hydrogens (tertiary/aromatic N) is 2. The van der Waals surface area contributed by atoms with Gasteiger partial charge in [-0.2, -0.15) is 0 Å². The number of benzene rings is 1. The van der Waals surface area contributed by atoms with Crippen molar-refractivity contribution in [1.29, 1.82) is 0 Å². The van der Waals surface area contributed by atoms with Gasteiger partial charge < -0.3 is 14.5 Å². The van der Waals surface area contributed by atoms with E-state index in [1.54, 1.807) is 6.92 Å². The van der Waals surface area contributed by atoms with Crippen LogP contribution in [-0.2, 0) is 16.0 Å². The highest BCUT2D eigenvalue weighted by Crippen LogP contribution is 2.36. The van der Waals surface area contributed by atoms with Gasteiger partial charge in [0.15, 0.2) is 0 Å². The van der Waals surface area contributed by atoms with Gasteiger partial charge in [-0.05, 0) is 44.0 Å². The zero-order valence-electron chi connectivity index (χ0n) is 17.6. The number of hydrogen-bond donors (Lipinski definition) is 1. The van der Waals surface area contributed by atoms with Crippen LogP contribution in [0, 0.1) is 13.8 Å². The summed E-state index contributed by atoms with van der Waals surface area (Å²) in [7, 11) is 0. The number of amides is 1. The Morgan fingerprint density at radius 1 is 1.13 bits per heavy atom. The smallest absolute Gasteiger partial charge is 0.341 e. The minimum absolute atomic E-state index is 0.112. The van der Waals surface area contributed by atoms with Crippen molar-refractivity contribution in [2.24, 2.45) is 0 Å². The van der Waals surface area contributed by atoms with Crippen molar-refractivity contribution in [1.82, 2.24) is 9.38 Å². The SMILES string of the molecule is CCOC(=O)c1c(-c2ccc(C)cc2)csc1NC(=O)Cc1cn2ccc(C)cc2n1. The zero-order valence-corrected chi connectivity index (χ0v) is 18.5. The summed E-state index contributed by atoms with van der Waals surface area (Å²) in [5.74, 6) is -0.680. The number of pyridine rings is 1. The molecule has 0 aliphatic carbocycles. The molecule has 6 nitrogen and oxygen atoms in total. The highest BCUT2D eigenvalue weighted by Gasteiger charge is 2.23. The van der Waals surface area contributed by atoms with Crippen molar-refractivity contribution >= 4 is 33.9 Å². The highest BCUT2D eigenvalue weighted by atomic mass is 32.1. The Morgan fingerprint density at radius 2 is 1.90 bits per heavy atom. The molecule has 158 valence electrons. The van der Waals surface area contributed by atoms with Gasteiger partial charge in [0.1, 0.15) is 16.2 Å². The first-order chi connectivity index (χ1) is 14.9. The second kappa shape index (κ2) is 8.73. The summed E-state index contributed by atoms with van der Waals surface area (Å²) in [5.41, 5.74) is 5.74. The van der Waals surface area contributed by atoms with E-state index in [0.29, 0.717) is 16.3 Å². The summed E-state index contributed by atoms with van der Waals surface area (Å²) in [5, 5.41) is 5.25. The normalized spacial score (nSPS) is 10.9. The van der Waals surface area contributed by atoms with E-state index in [2.05, 4.69) is 10.3 Å². The Hall–Kier alpha value is -3.45. The van der Waals surface area contributed by atoms with E-state index in [4.69, 9.17) is 4.74 Å². The minimum Gasteiger partial charge on any atom is -0.462 e. The first-order valence-electron chi connectivity index (χ1n) is 10.0. The Balaban J connectivity index is 1.59. The third-order valence-corrected chi connectivity index (χ3v) is 5.79. The second-order valence-corrected chi connectivity index (χ2v) is 8.25. The zero-order chi connectivity index (χ0) is 22.0. The average molecular weight is 434 g/mol. The van der Waals surface area contributed by atoms with Crippen LogP contribution in [0.4, 0.5) is 5.00 Å². The molecular formula is C24H23N3O3S. The molecule has 3 aromatic heterocycles. The Morgan fingerprint density at radius 3 is 2.65 bits per heavy atom. The number of esters is 1. The predicted octanol–water partition coefficient (Wildman–Crippen LogP) is 5.04. The number of carbonyl (C=O) groups excluding carboxylic acids is 2. The maximum atomic E-state index is 12.7. The van der Waals surface area contributed by atoms with E-state index in [1.807, 2.05) is 72.4 Å². The molecule has 0 saturated carbocycles. The monoisotopic (exact) mass is 433 g/mol.